The minimum atomic E-state index is -0.383. The van der Waals surface area contributed by atoms with Gasteiger partial charge in [0.05, 0.1) is 12.2 Å². The molecule has 0 spiro atoms. The maximum Gasteiger partial charge on any atom is 0.339 e. The molecule has 4 rings (SSSR count). The van der Waals surface area contributed by atoms with Gasteiger partial charge in [0, 0.05) is 56.6 Å². The third kappa shape index (κ3) is 5.29. The van der Waals surface area contributed by atoms with Gasteiger partial charge in [0.2, 0.25) is 5.91 Å². The Morgan fingerprint density at radius 1 is 1.06 bits per heavy atom. The van der Waals surface area contributed by atoms with Gasteiger partial charge in [-0.1, -0.05) is 12.8 Å². The lowest BCUT2D eigenvalue weighted by atomic mass is 10.1. The Morgan fingerprint density at radius 2 is 1.73 bits per heavy atom. The van der Waals surface area contributed by atoms with Gasteiger partial charge in [0.15, 0.2) is 0 Å². The quantitative estimate of drug-likeness (QED) is 0.586. The Morgan fingerprint density at radius 3 is 2.36 bits per heavy atom. The van der Waals surface area contributed by atoms with Crippen molar-refractivity contribution in [3.8, 4) is 11.3 Å². The molecular weight excluding hydrogens is 421 g/mol. The standard InChI is InChI=1S/C26H34FN3O3/c1-3-33-26(32)23-18-24(20-8-10-21(27)11-9-20)30(19(23)2)13-12-25(31)29-16-14-28(15-17-29)22-6-4-5-7-22/h8-11,18,22H,3-7,12-17H2,1-2H3. The summed E-state index contributed by atoms with van der Waals surface area (Å²) in [6, 6.07) is 8.68. The summed E-state index contributed by atoms with van der Waals surface area (Å²) in [5.41, 5.74) is 2.82. The molecule has 1 aromatic carbocycles. The molecule has 1 aliphatic carbocycles. The predicted molar refractivity (Wildman–Crippen MR) is 126 cm³/mol. The van der Waals surface area contributed by atoms with Crippen molar-refractivity contribution >= 4 is 11.9 Å². The van der Waals surface area contributed by atoms with Crippen LogP contribution in [0.5, 0.6) is 0 Å². The van der Waals surface area contributed by atoms with Crippen LogP contribution in [-0.2, 0) is 16.1 Å². The number of benzene rings is 1. The first-order chi connectivity index (χ1) is 16.0. The van der Waals surface area contributed by atoms with Crippen molar-refractivity contribution < 1.29 is 18.7 Å². The first-order valence-corrected chi connectivity index (χ1v) is 12.1. The molecule has 7 heteroatoms. The molecule has 2 aliphatic rings. The topological polar surface area (TPSA) is 54.8 Å². The van der Waals surface area contributed by atoms with E-state index in [2.05, 4.69) is 4.90 Å². The lowest BCUT2D eigenvalue weighted by Crippen LogP contribution is -2.51. The maximum absolute atomic E-state index is 13.5. The number of piperazine rings is 1. The number of hydrogen-bond donors (Lipinski definition) is 0. The molecule has 2 fully saturated rings. The van der Waals surface area contributed by atoms with Gasteiger partial charge in [-0.05, 0) is 62.6 Å². The van der Waals surface area contributed by atoms with E-state index in [1.54, 1.807) is 25.1 Å². The van der Waals surface area contributed by atoms with Crippen molar-refractivity contribution in [2.45, 2.75) is 58.5 Å². The average molecular weight is 456 g/mol. The van der Waals surface area contributed by atoms with Crippen LogP contribution in [0.2, 0.25) is 0 Å². The van der Waals surface area contributed by atoms with E-state index in [1.165, 1.54) is 37.8 Å². The van der Waals surface area contributed by atoms with E-state index >= 15 is 0 Å². The molecule has 0 atom stereocenters. The van der Waals surface area contributed by atoms with Crippen LogP contribution < -0.4 is 0 Å². The van der Waals surface area contributed by atoms with E-state index in [1.807, 2.05) is 16.4 Å². The number of amides is 1. The largest absolute Gasteiger partial charge is 0.462 e. The van der Waals surface area contributed by atoms with Gasteiger partial charge >= 0.3 is 5.97 Å². The SMILES string of the molecule is CCOC(=O)c1cc(-c2ccc(F)cc2)n(CCC(=O)N2CCN(C3CCCC3)CC2)c1C. The van der Waals surface area contributed by atoms with Crippen molar-refractivity contribution in [2.75, 3.05) is 32.8 Å². The number of halogens is 1. The highest BCUT2D eigenvalue weighted by Crippen LogP contribution is 2.28. The van der Waals surface area contributed by atoms with Crippen LogP contribution in [0.3, 0.4) is 0 Å². The second kappa shape index (κ2) is 10.5. The van der Waals surface area contributed by atoms with Crippen LogP contribution >= 0.6 is 0 Å². The minimum absolute atomic E-state index is 0.136. The molecule has 1 saturated carbocycles. The molecule has 0 bridgehead atoms. The van der Waals surface area contributed by atoms with Crippen molar-refractivity contribution in [1.82, 2.24) is 14.4 Å². The summed E-state index contributed by atoms with van der Waals surface area (Å²) >= 11 is 0. The summed E-state index contributed by atoms with van der Waals surface area (Å²) in [6.07, 6.45) is 5.58. The molecule has 1 saturated heterocycles. The highest BCUT2D eigenvalue weighted by molar-refractivity contribution is 5.92. The van der Waals surface area contributed by atoms with Gasteiger partial charge in [-0.25, -0.2) is 9.18 Å². The van der Waals surface area contributed by atoms with E-state index in [-0.39, 0.29) is 17.7 Å². The number of carbonyl (C=O) groups is 2. The molecule has 33 heavy (non-hydrogen) atoms. The van der Waals surface area contributed by atoms with Crippen molar-refractivity contribution in [1.29, 1.82) is 0 Å². The highest BCUT2D eigenvalue weighted by atomic mass is 19.1. The van der Waals surface area contributed by atoms with Crippen molar-refractivity contribution in [2.24, 2.45) is 0 Å². The monoisotopic (exact) mass is 455 g/mol. The Labute approximate surface area is 195 Å². The van der Waals surface area contributed by atoms with Gasteiger partial charge in [-0.2, -0.15) is 0 Å². The number of esters is 1. The third-order valence-electron chi connectivity index (χ3n) is 7.06. The average Bonchev–Trinajstić information content (AvgIpc) is 3.47. The summed E-state index contributed by atoms with van der Waals surface area (Å²) < 4.78 is 20.7. The first kappa shape index (κ1) is 23.5. The Hall–Kier alpha value is -2.67. The summed E-state index contributed by atoms with van der Waals surface area (Å²) in [7, 11) is 0. The van der Waals surface area contributed by atoms with Gasteiger partial charge in [0.25, 0.3) is 0 Å². The smallest absolute Gasteiger partial charge is 0.339 e. The predicted octanol–water partition coefficient (Wildman–Crippen LogP) is 4.26. The van der Waals surface area contributed by atoms with Crippen molar-refractivity contribution in [3.05, 3.63) is 47.4 Å². The number of carbonyl (C=O) groups excluding carboxylic acids is 2. The lowest BCUT2D eigenvalue weighted by Gasteiger charge is -2.38. The lowest BCUT2D eigenvalue weighted by molar-refractivity contribution is -0.133. The number of ether oxygens (including phenoxy) is 1. The number of rotatable bonds is 7. The normalized spacial score (nSPS) is 17.5. The van der Waals surface area contributed by atoms with Crippen LogP contribution in [0.4, 0.5) is 4.39 Å². The van der Waals surface area contributed by atoms with Crippen LogP contribution in [-0.4, -0.2) is 65.1 Å². The Bertz CT molecular complexity index is 971. The molecule has 0 radical (unpaired) electrons. The first-order valence-electron chi connectivity index (χ1n) is 12.1. The second-order valence-electron chi connectivity index (χ2n) is 9.01. The zero-order valence-corrected chi connectivity index (χ0v) is 19.7. The van der Waals surface area contributed by atoms with E-state index in [9.17, 15) is 14.0 Å². The number of nitrogens with zero attached hydrogens (tertiary/aromatic N) is 3. The summed E-state index contributed by atoms with van der Waals surface area (Å²) in [6.45, 7) is 7.85. The number of hydrogen-bond acceptors (Lipinski definition) is 4. The molecule has 6 nitrogen and oxygen atoms in total. The fourth-order valence-electron chi connectivity index (χ4n) is 5.18. The summed E-state index contributed by atoms with van der Waals surface area (Å²) in [4.78, 5) is 30.0. The molecule has 1 amide bonds. The Balaban J connectivity index is 1.45. The second-order valence-corrected chi connectivity index (χ2v) is 9.01. The fourth-order valence-corrected chi connectivity index (χ4v) is 5.18. The molecule has 1 aliphatic heterocycles. The Kier molecular flexibility index (Phi) is 7.48. The summed E-state index contributed by atoms with van der Waals surface area (Å²) in [5.74, 6) is -0.561. The molecule has 0 N–H and O–H groups in total. The van der Waals surface area contributed by atoms with Crippen LogP contribution in [0.25, 0.3) is 11.3 Å². The van der Waals surface area contributed by atoms with Crippen LogP contribution in [0, 0.1) is 12.7 Å². The van der Waals surface area contributed by atoms with E-state index in [4.69, 9.17) is 4.74 Å². The summed E-state index contributed by atoms with van der Waals surface area (Å²) in [5, 5.41) is 0. The molecule has 1 aromatic heterocycles. The number of aromatic nitrogens is 1. The van der Waals surface area contributed by atoms with Crippen molar-refractivity contribution in [3.63, 3.8) is 0 Å². The molecular formula is C26H34FN3O3. The highest BCUT2D eigenvalue weighted by Gasteiger charge is 2.28. The minimum Gasteiger partial charge on any atom is -0.462 e. The zero-order valence-electron chi connectivity index (χ0n) is 19.7. The molecule has 2 aromatic rings. The van der Waals surface area contributed by atoms with Gasteiger partial charge in [-0.3, -0.25) is 9.69 Å². The molecule has 0 unspecified atom stereocenters. The van der Waals surface area contributed by atoms with Gasteiger partial charge in [0.1, 0.15) is 5.82 Å². The van der Waals surface area contributed by atoms with Crippen LogP contribution in [0.1, 0.15) is 55.1 Å². The molecule has 2 heterocycles. The van der Waals surface area contributed by atoms with Gasteiger partial charge < -0.3 is 14.2 Å². The third-order valence-corrected chi connectivity index (χ3v) is 7.06. The maximum atomic E-state index is 13.5. The van der Waals surface area contributed by atoms with Crippen LogP contribution in [0.15, 0.2) is 30.3 Å². The van der Waals surface area contributed by atoms with E-state index in [0.717, 1.165) is 43.1 Å². The van der Waals surface area contributed by atoms with E-state index < -0.39 is 0 Å². The fraction of sp³-hybridized carbons (Fsp3) is 0.538. The zero-order chi connectivity index (χ0) is 23.4. The molecule has 178 valence electrons. The van der Waals surface area contributed by atoms with E-state index in [0.29, 0.717) is 31.2 Å². The van der Waals surface area contributed by atoms with Gasteiger partial charge in [-0.15, -0.1) is 0 Å².